The first-order chi connectivity index (χ1) is 16.3. The number of rotatable bonds is 7. The molecule has 9 heteroatoms. The highest BCUT2D eigenvalue weighted by Gasteiger charge is 2.42. The van der Waals surface area contributed by atoms with Gasteiger partial charge in [0.25, 0.3) is 0 Å². The molecule has 1 fully saturated rings. The summed E-state index contributed by atoms with van der Waals surface area (Å²) in [6, 6.07) is 11.5. The van der Waals surface area contributed by atoms with Crippen LogP contribution in [0.4, 0.5) is 24.5 Å². The van der Waals surface area contributed by atoms with E-state index in [0.717, 1.165) is 23.2 Å². The fourth-order valence-electron chi connectivity index (χ4n) is 4.89. The quantitative estimate of drug-likeness (QED) is 0.616. The Morgan fingerprint density at radius 3 is 2.56 bits per heavy atom. The second-order valence-corrected chi connectivity index (χ2v) is 8.69. The maximum Gasteiger partial charge on any atom is 0.416 e. The summed E-state index contributed by atoms with van der Waals surface area (Å²) in [7, 11) is 3.22. The van der Waals surface area contributed by atoms with Gasteiger partial charge in [0, 0.05) is 51.3 Å². The molecular weight excluding hydrogens is 447 g/mol. The Labute approximate surface area is 197 Å². The van der Waals surface area contributed by atoms with Crippen LogP contribution in [0.25, 0.3) is 0 Å². The number of piperazine rings is 1. The van der Waals surface area contributed by atoms with Crippen LogP contribution in [0.5, 0.6) is 5.75 Å². The van der Waals surface area contributed by atoms with Crippen molar-refractivity contribution >= 4 is 17.3 Å². The molecule has 0 saturated carbocycles. The van der Waals surface area contributed by atoms with Crippen molar-refractivity contribution in [2.45, 2.75) is 25.1 Å². The Balaban J connectivity index is 1.61. The molecule has 0 bridgehead atoms. The summed E-state index contributed by atoms with van der Waals surface area (Å²) in [5.41, 5.74) is 1.70. The van der Waals surface area contributed by atoms with Crippen LogP contribution in [-0.4, -0.2) is 59.0 Å². The monoisotopic (exact) mass is 477 g/mol. The number of benzene rings is 2. The predicted molar refractivity (Wildman–Crippen MR) is 124 cm³/mol. The maximum atomic E-state index is 13.4. The molecule has 0 aliphatic carbocycles. The average Bonchev–Trinajstić information content (AvgIpc) is 2.84. The van der Waals surface area contributed by atoms with Gasteiger partial charge >= 0.3 is 6.18 Å². The normalized spacial score (nSPS) is 19.9. The largest absolute Gasteiger partial charge is 0.497 e. The van der Waals surface area contributed by atoms with Crippen molar-refractivity contribution in [3.05, 3.63) is 53.6 Å². The summed E-state index contributed by atoms with van der Waals surface area (Å²) in [4.78, 5) is 17.5. The van der Waals surface area contributed by atoms with Crippen LogP contribution in [-0.2, 0) is 22.1 Å². The van der Waals surface area contributed by atoms with E-state index >= 15 is 0 Å². The van der Waals surface area contributed by atoms with E-state index in [2.05, 4.69) is 15.1 Å². The number of alkyl halides is 3. The summed E-state index contributed by atoms with van der Waals surface area (Å²) in [5, 5.41) is 2.96. The SMILES string of the molecule is COCCCNC(=O)[C@H]1Cc2cc(C(F)(F)F)ccc2N2CCN(c3ccc(OC)cc3)C[C@@H]12. The predicted octanol–water partition coefficient (Wildman–Crippen LogP) is 3.73. The summed E-state index contributed by atoms with van der Waals surface area (Å²) in [6.45, 7) is 2.91. The first-order valence-corrected chi connectivity index (χ1v) is 11.4. The Morgan fingerprint density at radius 1 is 1.12 bits per heavy atom. The number of nitrogens with one attached hydrogen (secondary N) is 1. The van der Waals surface area contributed by atoms with Crippen molar-refractivity contribution in [2.75, 3.05) is 56.8 Å². The summed E-state index contributed by atoms with van der Waals surface area (Å²) >= 11 is 0. The van der Waals surface area contributed by atoms with Gasteiger partial charge in [0.05, 0.1) is 24.6 Å². The van der Waals surface area contributed by atoms with E-state index in [-0.39, 0.29) is 18.4 Å². The van der Waals surface area contributed by atoms with E-state index in [1.54, 1.807) is 20.3 Å². The molecule has 34 heavy (non-hydrogen) atoms. The number of methoxy groups -OCH3 is 2. The number of carbonyl (C=O) groups is 1. The molecule has 1 saturated heterocycles. The number of hydrogen-bond acceptors (Lipinski definition) is 5. The lowest BCUT2D eigenvalue weighted by molar-refractivity contribution is -0.137. The minimum absolute atomic E-state index is 0.134. The van der Waals surface area contributed by atoms with E-state index in [4.69, 9.17) is 9.47 Å². The van der Waals surface area contributed by atoms with E-state index in [1.807, 2.05) is 24.3 Å². The lowest BCUT2D eigenvalue weighted by atomic mass is 9.82. The molecule has 2 aromatic rings. The molecule has 184 valence electrons. The zero-order chi connectivity index (χ0) is 24.3. The van der Waals surface area contributed by atoms with Crippen LogP contribution in [0.3, 0.4) is 0 Å². The topological polar surface area (TPSA) is 54.0 Å². The molecule has 2 aliphatic heterocycles. The van der Waals surface area contributed by atoms with E-state index in [9.17, 15) is 18.0 Å². The van der Waals surface area contributed by atoms with Crippen molar-refractivity contribution in [2.24, 2.45) is 5.92 Å². The Kier molecular flexibility index (Phi) is 7.21. The van der Waals surface area contributed by atoms with Gasteiger partial charge in [0.2, 0.25) is 5.91 Å². The number of ether oxygens (including phenoxy) is 2. The van der Waals surface area contributed by atoms with Crippen LogP contribution in [0.2, 0.25) is 0 Å². The number of halogens is 3. The van der Waals surface area contributed by atoms with Gasteiger partial charge in [-0.15, -0.1) is 0 Å². The van der Waals surface area contributed by atoms with E-state index < -0.39 is 17.7 Å². The molecule has 4 rings (SSSR count). The molecule has 0 aromatic heterocycles. The average molecular weight is 478 g/mol. The summed E-state index contributed by atoms with van der Waals surface area (Å²) in [5.74, 6) is 0.174. The highest BCUT2D eigenvalue weighted by Crippen LogP contribution is 2.40. The molecule has 2 atom stereocenters. The Hall–Kier alpha value is -2.94. The van der Waals surface area contributed by atoms with Gasteiger partial charge in [-0.2, -0.15) is 13.2 Å². The fraction of sp³-hybridized carbons (Fsp3) is 0.480. The number of amides is 1. The van der Waals surface area contributed by atoms with E-state index in [1.165, 1.54) is 6.07 Å². The van der Waals surface area contributed by atoms with Crippen LogP contribution in [0.15, 0.2) is 42.5 Å². The molecule has 1 amide bonds. The third-order valence-corrected chi connectivity index (χ3v) is 6.64. The Bertz CT molecular complexity index is 997. The molecule has 0 spiro atoms. The molecule has 2 aromatic carbocycles. The molecular formula is C25H30F3N3O3. The van der Waals surface area contributed by atoms with Gasteiger partial charge in [0.15, 0.2) is 0 Å². The van der Waals surface area contributed by atoms with Crippen LogP contribution < -0.4 is 19.9 Å². The minimum Gasteiger partial charge on any atom is -0.497 e. The van der Waals surface area contributed by atoms with Gasteiger partial charge in [-0.05, 0) is 60.9 Å². The first-order valence-electron chi connectivity index (χ1n) is 11.4. The summed E-state index contributed by atoms with van der Waals surface area (Å²) < 4.78 is 50.4. The van der Waals surface area contributed by atoms with Crippen LogP contribution >= 0.6 is 0 Å². The lowest BCUT2D eigenvalue weighted by Crippen LogP contribution is -2.61. The zero-order valence-corrected chi connectivity index (χ0v) is 19.4. The number of fused-ring (bicyclic) bond motifs is 3. The smallest absolute Gasteiger partial charge is 0.416 e. The van der Waals surface area contributed by atoms with Gasteiger partial charge in [-0.3, -0.25) is 4.79 Å². The molecule has 0 unspecified atom stereocenters. The standard InChI is InChI=1S/C25H30F3N3O3/c1-33-13-3-10-29-24(32)21-15-17-14-18(25(26,27)28)4-9-22(17)31-12-11-30(16-23(21)31)19-5-7-20(34-2)8-6-19/h4-9,14,21,23H,3,10-13,15-16H2,1-2H3,(H,29,32)/t21-,23-/m0/s1. The highest BCUT2D eigenvalue weighted by molar-refractivity contribution is 5.82. The van der Waals surface area contributed by atoms with Crippen molar-refractivity contribution in [3.63, 3.8) is 0 Å². The van der Waals surface area contributed by atoms with Crippen LogP contribution in [0.1, 0.15) is 17.5 Å². The number of hydrogen-bond donors (Lipinski definition) is 1. The van der Waals surface area contributed by atoms with Crippen molar-refractivity contribution < 1.29 is 27.4 Å². The lowest BCUT2D eigenvalue weighted by Gasteiger charge is -2.49. The van der Waals surface area contributed by atoms with Crippen molar-refractivity contribution in [3.8, 4) is 5.75 Å². The third kappa shape index (κ3) is 5.09. The van der Waals surface area contributed by atoms with Crippen LogP contribution in [0, 0.1) is 5.92 Å². The zero-order valence-electron chi connectivity index (χ0n) is 19.4. The number of nitrogens with zero attached hydrogens (tertiary/aromatic N) is 2. The van der Waals surface area contributed by atoms with Gasteiger partial charge in [-0.25, -0.2) is 0 Å². The molecule has 2 aliphatic rings. The second kappa shape index (κ2) is 10.1. The highest BCUT2D eigenvalue weighted by atomic mass is 19.4. The molecule has 2 heterocycles. The van der Waals surface area contributed by atoms with Gasteiger partial charge in [-0.1, -0.05) is 0 Å². The van der Waals surface area contributed by atoms with Gasteiger partial charge in [0.1, 0.15) is 5.75 Å². The number of anilines is 2. The van der Waals surface area contributed by atoms with Gasteiger partial charge < -0.3 is 24.6 Å². The molecule has 1 N–H and O–H groups in total. The molecule has 6 nitrogen and oxygen atoms in total. The number of carbonyl (C=O) groups excluding carboxylic acids is 1. The fourth-order valence-corrected chi connectivity index (χ4v) is 4.89. The van der Waals surface area contributed by atoms with E-state index in [0.29, 0.717) is 44.8 Å². The third-order valence-electron chi connectivity index (χ3n) is 6.64. The Morgan fingerprint density at radius 2 is 1.88 bits per heavy atom. The maximum absolute atomic E-state index is 13.4. The van der Waals surface area contributed by atoms with Crippen molar-refractivity contribution in [1.29, 1.82) is 0 Å². The van der Waals surface area contributed by atoms with Crippen molar-refractivity contribution in [1.82, 2.24) is 5.32 Å². The second-order valence-electron chi connectivity index (χ2n) is 8.69. The first kappa shape index (κ1) is 24.2. The minimum atomic E-state index is -4.42. The molecule has 0 radical (unpaired) electrons. The summed E-state index contributed by atoms with van der Waals surface area (Å²) in [6.07, 6.45) is -3.47.